The van der Waals surface area contributed by atoms with Crippen molar-refractivity contribution in [2.75, 3.05) is 13.2 Å². The molecule has 1 rings (SSSR count). The average Bonchev–Trinajstić information content (AvgIpc) is 2.40. The molecule has 0 fully saturated rings. The largest absolute Gasteiger partial charge is 0.491 e. The molecular formula is C17H29NO4Si. The van der Waals surface area contributed by atoms with Gasteiger partial charge in [-0.2, -0.15) is 0 Å². The zero-order valence-electron chi connectivity index (χ0n) is 15.0. The van der Waals surface area contributed by atoms with Crippen LogP contribution in [-0.2, 0) is 9.16 Å². The van der Waals surface area contributed by atoms with Crippen LogP contribution in [0.1, 0.15) is 20.8 Å². The van der Waals surface area contributed by atoms with Crippen molar-refractivity contribution in [1.29, 1.82) is 0 Å². The summed E-state index contributed by atoms with van der Waals surface area (Å²) in [6.45, 7) is 12.6. The smallest absolute Gasteiger partial charge is 0.407 e. The molecule has 1 aromatic carbocycles. The SMILES string of the molecule is CC(C)(C)OC(=O)NC[C@@H](COc1ccccc1)O[Si](C)(C)C. The van der Waals surface area contributed by atoms with Gasteiger partial charge in [-0.1, -0.05) is 18.2 Å². The van der Waals surface area contributed by atoms with Gasteiger partial charge in [0.2, 0.25) is 0 Å². The third kappa shape index (κ3) is 9.96. The lowest BCUT2D eigenvalue weighted by Gasteiger charge is -2.27. The third-order valence-corrected chi connectivity index (χ3v) is 3.61. The van der Waals surface area contributed by atoms with Crippen LogP contribution in [0.4, 0.5) is 4.79 Å². The highest BCUT2D eigenvalue weighted by molar-refractivity contribution is 6.69. The van der Waals surface area contributed by atoms with Gasteiger partial charge < -0.3 is 19.2 Å². The van der Waals surface area contributed by atoms with E-state index in [9.17, 15) is 4.79 Å². The molecule has 0 saturated carbocycles. The van der Waals surface area contributed by atoms with Crippen LogP contribution in [0.2, 0.25) is 19.6 Å². The van der Waals surface area contributed by atoms with Gasteiger partial charge in [0.1, 0.15) is 18.0 Å². The van der Waals surface area contributed by atoms with Crippen molar-refractivity contribution >= 4 is 14.4 Å². The fourth-order valence-corrected chi connectivity index (χ4v) is 3.00. The van der Waals surface area contributed by atoms with Crippen LogP contribution in [0.15, 0.2) is 30.3 Å². The number of amides is 1. The second-order valence-corrected chi connectivity index (χ2v) is 11.8. The lowest BCUT2D eigenvalue weighted by molar-refractivity contribution is 0.0477. The average molecular weight is 340 g/mol. The van der Waals surface area contributed by atoms with E-state index in [0.717, 1.165) is 5.75 Å². The minimum absolute atomic E-state index is 0.214. The van der Waals surface area contributed by atoms with Crippen LogP contribution in [-0.4, -0.2) is 39.3 Å². The molecule has 0 heterocycles. The summed E-state index contributed by atoms with van der Waals surface area (Å²) in [5.41, 5.74) is -0.514. The zero-order valence-corrected chi connectivity index (χ0v) is 16.0. The summed E-state index contributed by atoms with van der Waals surface area (Å²) in [6, 6.07) is 9.57. The second-order valence-electron chi connectivity index (χ2n) is 7.36. The number of hydrogen-bond donors (Lipinski definition) is 1. The molecule has 1 N–H and O–H groups in total. The summed E-state index contributed by atoms with van der Waals surface area (Å²) in [6.07, 6.45) is -0.657. The summed E-state index contributed by atoms with van der Waals surface area (Å²) in [4.78, 5) is 11.8. The molecule has 0 radical (unpaired) electrons. The quantitative estimate of drug-likeness (QED) is 0.768. The molecule has 23 heavy (non-hydrogen) atoms. The Labute approximate surface area is 140 Å². The van der Waals surface area contributed by atoms with E-state index < -0.39 is 20.0 Å². The predicted octanol–water partition coefficient (Wildman–Crippen LogP) is 3.81. The van der Waals surface area contributed by atoms with E-state index in [2.05, 4.69) is 25.0 Å². The first kappa shape index (κ1) is 19.5. The van der Waals surface area contributed by atoms with Gasteiger partial charge in [-0.3, -0.25) is 0 Å². The van der Waals surface area contributed by atoms with E-state index in [0.29, 0.717) is 13.2 Å². The summed E-state index contributed by atoms with van der Waals surface area (Å²) >= 11 is 0. The Morgan fingerprint density at radius 3 is 2.30 bits per heavy atom. The molecule has 1 atom stereocenters. The first-order chi connectivity index (χ1) is 10.6. The molecule has 6 heteroatoms. The lowest BCUT2D eigenvalue weighted by Crippen LogP contribution is -2.44. The van der Waals surface area contributed by atoms with Gasteiger partial charge in [0.25, 0.3) is 0 Å². The Morgan fingerprint density at radius 1 is 1.17 bits per heavy atom. The maximum Gasteiger partial charge on any atom is 0.407 e. The highest BCUT2D eigenvalue weighted by Gasteiger charge is 2.23. The molecule has 1 aromatic rings. The number of alkyl carbamates (subject to hydrolysis) is 1. The number of ether oxygens (including phenoxy) is 2. The lowest BCUT2D eigenvalue weighted by atomic mass is 10.2. The van der Waals surface area contributed by atoms with Crippen LogP contribution in [0.25, 0.3) is 0 Å². The minimum atomic E-state index is -1.75. The summed E-state index contributed by atoms with van der Waals surface area (Å²) in [7, 11) is -1.75. The van der Waals surface area contributed by atoms with Crippen LogP contribution >= 0.6 is 0 Å². The normalized spacial score (nSPS) is 13.3. The van der Waals surface area contributed by atoms with E-state index in [1.807, 2.05) is 51.1 Å². The van der Waals surface area contributed by atoms with E-state index >= 15 is 0 Å². The van der Waals surface area contributed by atoms with Crippen molar-refractivity contribution in [2.24, 2.45) is 0 Å². The van der Waals surface area contributed by atoms with Gasteiger partial charge >= 0.3 is 6.09 Å². The molecule has 5 nitrogen and oxygen atoms in total. The Bertz CT molecular complexity index is 480. The maximum absolute atomic E-state index is 11.8. The number of nitrogens with one attached hydrogen (secondary N) is 1. The Kier molecular flexibility index (Phi) is 7.09. The zero-order chi connectivity index (χ0) is 17.5. The first-order valence-corrected chi connectivity index (χ1v) is 11.3. The van der Waals surface area contributed by atoms with Crippen molar-refractivity contribution < 1.29 is 18.7 Å². The topological polar surface area (TPSA) is 56.8 Å². The number of rotatable bonds is 7. The molecule has 0 aromatic heterocycles. The van der Waals surface area contributed by atoms with Crippen molar-refractivity contribution in [3.05, 3.63) is 30.3 Å². The Balaban J connectivity index is 2.53. The highest BCUT2D eigenvalue weighted by atomic mass is 28.4. The number of hydrogen-bond acceptors (Lipinski definition) is 4. The molecule has 0 aliphatic carbocycles. The first-order valence-electron chi connectivity index (χ1n) is 7.88. The van der Waals surface area contributed by atoms with Gasteiger partial charge in [-0.15, -0.1) is 0 Å². The van der Waals surface area contributed by atoms with Crippen molar-refractivity contribution in [1.82, 2.24) is 5.32 Å². The van der Waals surface area contributed by atoms with Crippen molar-refractivity contribution in [3.8, 4) is 5.75 Å². The second kappa shape index (κ2) is 8.36. The van der Waals surface area contributed by atoms with E-state index in [1.54, 1.807) is 0 Å². The van der Waals surface area contributed by atoms with Gasteiger partial charge in [-0.05, 0) is 52.5 Å². The number of carbonyl (C=O) groups is 1. The van der Waals surface area contributed by atoms with Gasteiger partial charge in [-0.25, -0.2) is 4.79 Å². The number of benzene rings is 1. The molecular weight excluding hydrogens is 310 g/mol. The third-order valence-electron chi connectivity index (χ3n) is 2.57. The molecule has 0 spiro atoms. The van der Waals surface area contributed by atoms with E-state index in [-0.39, 0.29) is 6.10 Å². The Hall–Kier alpha value is -1.53. The molecule has 0 saturated heterocycles. The summed E-state index contributed by atoms with van der Waals surface area (Å²) in [5, 5.41) is 2.75. The van der Waals surface area contributed by atoms with Gasteiger partial charge in [0.05, 0.1) is 6.10 Å². The van der Waals surface area contributed by atoms with Crippen LogP contribution < -0.4 is 10.1 Å². The van der Waals surface area contributed by atoms with Crippen molar-refractivity contribution in [2.45, 2.75) is 52.1 Å². The molecule has 0 aliphatic heterocycles. The molecule has 130 valence electrons. The molecule has 0 unspecified atom stereocenters. The Morgan fingerprint density at radius 2 is 1.78 bits per heavy atom. The maximum atomic E-state index is 11.8. The van der Waals surface area contributed by atoms with Gasteiger partial charge in [0, 0.05) is 6.54 Å². The fourth-order valence-electron chi connectivity index (χ4n) is 1.85. The number of carbonyl (C=O) groups excluding carboxylic acids is 1. The van der Waals surface area contributed by atoms with Crippen molar-refractivity contribution in [3.63, 3.8) is 0 Å². The minimum Gasteiger partial charge on any atom is -0.491 e. The van der Waals surface area contributed by atoms with E-state index in [4.69, 9.17) is 13.9 Å². The predicted molar refractivity (Wildman–Crippen MR) is 94.4 cm³/mol. The summed E-state index contributed by atoms with van der Waals surface area (Å²) in [5.74, 6) is 0.786. The van der Waals surface area contributed by atoms with Gasteiger partial charge in [0.15, 0.2) is 8.32 Å². The highest BCUT2D eigenvalue weighted by Crippen LogP contribution is 2.12. The van der Waals surface area contributed by atoms with Crippen LogP contribution in [0.3, 0.4) is 0 Å². The number of para-hydroxylation sites is 1. The monoisotopic (exact) mass is 339 g/mol. The molecule has 0 bridgehead atoms. The standard InChI is InChI=1S/C17H29NO4Si/c1-17(2,3)21-16(19)18-12-15(22-23(4,5)6)13-20-14-10-8-7-9-11-14/h7-11,15H,12-13H2,1-6H3,(H,18,19)/t15-/m0/s1. The molecule has 0 aliphatic rings. The van der Waals surface area contributed by atoms with Crippen LogP contribution in [0.5, 0.6) is 5.75 Å². The molecule has 1 amide bonds. The van der Waals surface area contributed by atoms with Crippen LogP contribution in [0, 0.1) is 0 Å². The fraction of sp³-hybridized carbons (Fsp3) is 0.588. The summed E-state index contributed by atoms with van der Waals surface area (Å²) < 4.78 is 17.1. The van der Waals surface area contributed by atoms with E-state index in [1.165, 1.54) is 0 Å².